The van der Waals surface area contributed by atoms with Gasteiger partial charge in [-0.2, -0.15) is 5.10 Å². The first kappa shape index (κ1) is 17.6. The highest BCUT2D eigenvalue weighted by atomic mass is 16.5. The number of nitrogens with one attached hydrogen (secondary N) is 1. The van der Waals surface area contributed by atoms with Gasteiger partial charge >= 0.3 is 0 Å². The number of aryl methyl sites for hydroxylation is 1. The first-order valence-electron chi connectivity index (χ1n) is 8.96. The van der Waals surface area contributed by atoms with Gasteiger partial charge in [0.05, 0.1) is 31.0 Å². The van der Waals surface area contributed by atoms with Crippen LogP contribution in [0.2, 0.25) is 0 Å². The fourth-order valence-electron chi connectivity index (χ4n) is 3.23. The Kier molecular flexibility index (Phi) is 4.83. The molecule has 1 aromatic carbocycles. The van der Waals surface area contributed by atoms with Gasteiger partial charge in [0.2, 0.25) is 11.9 Å². The Morgan fingerprint density at radius 2 is 2.22 bits per heavy atom. The Balaban J connectivity index is 1.49. The summed E-state index contributed by atoms with van der Waals surface area (Å²) in [5.41, 5.74) is 2.82. The molecule has 1 aliphatic heterocycles. The molecule has 1 N–H and O–H groups in total. The van der Waals surface area contributed by atoms with E-state index in [2.05, 4.69) is 25.3 Å². The average Bonchev–Trinajstić information content (AvgIpc) is 3.07. The third-order valence-corrected chi connectivity index (χ3v) is 4.56. The Hall–Kier alpha value is -2.84. The molecule has 140 valence electrons. The van der Waals surface area contributed by atoms with Gasteiger partial charge in [-0.1, -0.05) is 12.1 Å². The van der Waals surface area contributed by atoms with Gasteiger partial charge in [0.1, 0.15) is 0 Å². The molecule has 2 aromatic heterocycles. The van der Waals surface area contributed by atoms with Crippen LogP contribution in [0.5, 0.6) is 0 Å². The summed E-state index contributed by atoms with van der Waals surface area (Å²) in [5.74, 6) is 0.198. The maximum absolute atomic E-state index is 12.3. The molecule has 1 atom stereocenters. The maximum Gasteiger partial charge on any atom is 0.240 e. The van der Waals surface area contributed by atoms with Crippen LogP contribution in [0.3, 0.4) is 0 Å². The highest BCUT2D eigenvalue weighted by Gasteiger charge is 2.19. The molecular weight excluding hydrogens is 344 g/mol. The minimum absolute atomic E-state index is 0.119. The Morgan fingerprint density at radius 3 is 3.00 bits per heavy atom. The summed E-state index contributed by atoms with van der Waals surface area (Å²) in [4.78, 5) is 23.2. The number of benzene rings is 1. The number of fused-ring (bicyclic) bond motifs is 1. The second kappa shape index (κ2) is 7.42. The van der Waals surface area contributed by atoms with Gasteiger partial charge in [-0.3, -0.25) is 19.7 Å². The number of hydrogen-bond donors (Lipinski definition) is 1. The van der Waals surface area contributed by atoms with E-state index < -0.39 is 0 Å². The first-order valence-corrected chi connectivity index (χ1v) is 8.96. The van der Waals surface area contributed by atoms with Gasteiger partial charge < -0.3 is 4.74 Å². The fraction of sp³-hybridized carbons (Fsp3) is 0.368. The molecule has 8 heteroatoms. The molecule has 0 radical (unpaired) electrons. The Bertz CT molecular complexity index is 970. The lowest BCUT2D eigenvalue weighted by Crippen LogP contribution is -2.44. The van der Waals surface area contributed by atoms with Crippen LogP contribution in [-0.2, 0) is 16.6 Å². The molecule has 8 nitrogen and oxygen atoms in total. The topological polar surface area (TPSA) is 85.2 Å². The lowest BCUT2D eigenvalue weighted by Gasteiger charge is -2.30. The number of carbonyl (C=O) groups excluding carboxylic acids is 1. The van der Waals surface area contributed by atoms with Crippen LogP contribution in [0.4, 0.5) is 5.95 Å². The summed E-state index contributed by atoms with van der Waals surface area (Å²) in [5, 5.41) is 7.92. The van der Waals surface area contributed by atoms with E-state index in [0.29, 0.717) is 19.1 Å². The number of anilines is 1. The Labute approximate surface area is 157 Å². The van der Waals surface area contributed by atoms with Crippen LogP contribution in [0, 0.1) is 0 Å². The van der Waals surface area contributed by atoms with Gasteiger partial charge in [0, 0.05) is 43.5 Å². The van der Waals surface area contributed by atoms with Crippen molar-refractivity contribution in [2.45, 2.75) is 13.0 Å². The number of carbonyl (C=O) groups is 1. The minimum atomic E-state index is -0.119. The van der Waals surface area contributed by atoms with Crippen LogP contribution in [0.25, 0.3) is 22.0 Å². The molecular formula is C19H22N6O2. The molecule has 4 rings (SSSR count). The van der Waals surface area contributed by atoms with E-state index in [1.807, 2.05) is 44.6 Å². The van der Waals surface area contributed by atoms with Gasteiger partial charge in [-0.25, -0.2) is 9.97 Å². The number of hydrogen-bond acceptors (Lipinski definition) is 6. The normalized spacial score (nSPS) is 17.9. The lowest BCUT2D eigenvalue weighted by atomic mass is 10.1. The van der Waals surface area contributed by atoms with Crippen LogP contribution >= 0.6 is 0 Å². The number of aromatic nitrogens is 4. The van der Waals surface area contributed by atoms with E-state index in [1.54, 1.807) is 10.9 Å². The standard InChI is InChI=1S/C19H22N6O2/c1-13-10-25(5-6-27-13)12-18(26)23-19-20-8-15-4-3-14(7-17(15)22-19)16-9-21-24(2)11-16/h3-4,7-9,11,13H,5-6,10,12H2,1-2H3,(H,20,22,23,26). The smallest absolute Gasteiger partial charge is 0.240 e. The predicted octanol–water partition coefficient (Wildman–Crippen LogP) is 1.69. The third kappa shape index (κ3) is 4.12. The Morgan fingerprint density at radius 1 is 1.33 bits per heavy atom. The van der Waals surface area contributed by atoms with Crippen LogP contribution in [-0.4, -0.2) is 62.9 Å². The first-order chi connectivity index (χ1) is 13.1. The summed E-state index contributed by atoms with van der Waals surface area (Å²) in [6.07, 6.45) is 5.64. The largest absolute Gasteiger partial charge is 0.376 e. The number of nitrogens with zero attached hydrogens (tertiary/aromatic N) is 5. The van der Waals surface area contributed by atoms with Crippen molar-refractivity contribution in [3.05, 3.63) is 36.8 Å². The molecule has 3 aromatic rings. The van der Waals surface area contributed by atoms with E-state index in [-0.39, 0.29) is 12.0 Å². The molecule has 1 saturated heterocycles. The van der Waals surface area contributed by atoms with Crippen molar-refractivity contribution in [3.63, 3.8) is 0 Å². The van der Waals surface area contributed by atoms with Crippen LogP contribution in [0.15, 0.2) is 36.8 Å². The molecule has 1 fully saturated rings. The van der Waals surface area contributed by atoms with Crippen molar-refractivity contribution in [1.29, 1.82) is 0 Å². The van der Waals surface area contributed by atoms with Crippen molar-refractivity contribution in [2.75, 3.05) is 31.6 Å². The quantitative estimate of drug-likeness (QED) is 0.756. The summed E-state index contributed by atoms with van der Waals surface area (Å²) in [6.45, 7) is 4.48. The molecule has 27 heavy (non-hydrogen) atoms. The second-order valence-electron chi connectivity index (χ2n) is 6.83. The maximum atomic E-state index is 12.3. The average molecular weight is 366 g/mol. The van der Waals surface area contributed by atoms with Crippen molar-refractivity contribution >= 4 is 22.8 Å². The van der Waals surface area contributed by atoms with E-state index in [0.717, 1.165) is 35.1 Å². The SMILES string of the molecule is CC1CN(CC(=O)Nc2ncc3ccc(-c4cnn(C)c4)cc3n2)CCO1. The molecule has 1 unspecified atom stereocenters. The van der Waals surface area contributed by atoms with E-state index in [4.69, 9.17) is 4.74 Å². The zero-order chi connectivity index (χ0) is 18.8. The number of rotatable bonds is 4. The van der Waals surface area contributed by atoms with Crippen LogP contribution < -0.4 is 5.32 Å². The number of amides is 1. The van der Waals surface area contributed by atoms with E-state index >= 15 is 0 Å². The lowest BCUT2D eigenvalue weighted by molar-refractivity contribution is -0.119. The zero-order valence-electron chi connectivity index (χ0n) is 15.4. The van der Waals surface area contributed by atoms with Crippen molar-refractivity contribution in [2.24, 2.45) is 7.05 Å². The van der Waals surface area contributed by atoms with Gasteiger partial charge in [0.15, 0.2) is 0 Å². The van der Waals surface area contributed by atoms with Crippen molar-refractivity contribution in [3.8, 4) is 11.1 Å². The zero-order valence-corrected chi connectivity index (χ0v) is 15.4. The van der Waals surface area contributed by atoms with Gasteiger partial charge in [-0.15, -0.1) is 0 Å². The molecule has 0 bridgehead atoms. The highest BCUT2D eigenvalue weighted by molar-refractivity contribution is 5.92. The summed E-state index contributed by atoms with van der Waals surface area (Å²) in [6, 6.07) is 5.96. The van der Waals surface area contributed by atoms with Crippen LogP contribution in [0.1, 0.15) is 6.92 Å². The molecule has 0 aliphatic carbocycles. The monoisotopic (exact) mass is 366 g/mol. The molecule has 0 saturated carbocycles. The van der Waals surface area contributed by atoms with E-state index in [9.17, 15) is 4.79 Å². The fourth-order valence-corrected chi connectivity index (χ4v) is 3.23. The van der Waals surface area contributed by atoms with E-state index in [1.165, 1.54) is 0 Å². The number of morpholine rings is 1. The molecule has 3 heterocycles. The summed E-state index contributed by atoms with van der Waals surface area (Å²) < 4.78 is 7.26. The highest BCUT2D eigenvalue weighted by Crippen LogP contribution is 2.23. The molecule has 1 amide bonds. The summed E-state index contributed by atoms with van der Waals surface area (Å²) >= 11 is 0. The van der Waals surface area contributed by atoms with Gasteiger partial charge in [0.25, 0.3) is 0 Å². The predicted molar refractivity (Wildman–Crippen MR) is 102 cm³/mol. The molecule has 0 spiro atoms. The van der Waals surface area contributed by atoms with Gasteiger partial charge in [-0.05, 0) is 18.6 Å². The van der Waals surface area contributed by atoms with Crippen molar-refractivity contribution < 1.29 is 9.53 Å². The minimum Gasteiger partial charge on any atom is -0.376 e. The second-order valence-corrected chi connectivity index (χ2v) is 6.83. The summed E-state index contributed by atoms with van der Waals surface area (Å²) in [7, 11) is 1.88. The van der Waals surface area contributed by atoms with Crippen molar-refractivity contribution in [1.82, 2.24) is 24.6 Å². The number of ether oxygens (including phenoxy) is 1. The third-order valence-electron chi connectivity index (χ3n) is 4.56. The molecule has 1 aliphatic rings.